The van der Waals surface area contributed by atoms with Gasteiger partial charge in [0, 0.05) is 35.8 Å². The van der Waals surface area contributed by atoms with Crippen LogP contribution in [-0.4, -0.2) is 44.5 Å². The first-order valence-corrected chi connectivity index (χ1v) is 9.36. The predicted octanol–water partition coefficient (Wildman–Crippen LogP) is 2.53. The molecular weight excluding hydrogens is 310 g/mol. The van der Waals surface area contributed by atoms with Gasteiger partial charge < -0.3 is 4.74 Å². The Kier molecular flexibility index (Phi) is 4.85. The molecule has 0 fully saturated rings. The van der Waals surface area contributed by atoms with Crippen LogP contribution in [0.25, 0.3) is 0 Å². The highest BCUT2D eigenvalue weighted by molar-refractivity contribution is 7.91. The summed E-state index contributed by atoms with van der Waals surface area (Å²) in [5.41, 5.74) is 2.15. The molecule has 1 aliphatic rings. The van der Waals surface area contributed by atoms with E-state index in [-0.39, 0.29) is 6.04 Å². The molecule has 2 rings (SSSR count). The summed E-state index contributed by atoms with van der Waals surface area (Å²) < 4.78 is 29.1. The summed E-state index contributed by atoms with van der Waals surface area (Å²) in [6.07, 6.45) is 2.16. The van der Waals surface area contributed by atoms with Gasteiger partial charge in [0.2, 0.25) is 0 Å². The van der Waals surface area contributed by atoms with E-state index in [0.717, 1.165) is 23.3 Å². The van der Waals surface area contributed by atoms with Crippen molar-refractivity contribution in [2.24, 2.45) is 0 Å². The third kappa shape index (κ3) is 3.71. The summed E-state index contributed by atoms with van der Waals surface area (Å²) in [6, 6.07) is 3.76. The van der Waals surface area contributed by atoms with Crippen LogP contribution in [0.3, 0.4) is 0 Å². The molecule has 0 aliphatic carbocycles. The van der Waals surface area contributed by atoms with Crippen LogP contribution in [0.2, 0.25) is 5.02 Å². The van der Waals surface area contributed by atoms with Crippen LogP contribution < -0.4 is 4.74 Å². The molecule has 1 heterocycles. The Morgan fingerprint density at radius 1 is 1.38 bits per heavy atom. The van der Waals surface area contributed by atoms with Crippen molar-refractivity contribution in [1.29, 1.82) is 0 Å². The molecule has 1 aromatic carbocycles. The van der Waals surface area contributed by atoms with E-state index in [0.29, 0.717) is 18.2 Å². The Labute approximate surface area is 132 Å². The normalized spacial score (nSPS) is 17.4. The number of halogens is 1. The highest BCUT2D eigenvalue weighted by atomic mass is 35.5. The Morgan fingerprint density at radius 2 is 2.05 bits per heavy atom. The third-order valence-corrected chi connectivity index (χ3v) is 6.26. The molecule has 0 saturated heterocycles. The van der Waals surface area contributed by atoms with Crippen LogP contribution in [0.15, 0.2) is 12.1 Å². The highest BCUT2D eigenvalue weighted by Gasteiger charge is 2.27. The standard InChI is InChI=1S/C15H22ClNO3S/c1-10(11(2)21(4,18)19)17(3)9-13-8-14(16)7-12-5-6-20-15(12)13/h7-8,10-11H,5-6,9H2,1-4H3/t10-,11-/m1/s1. The number of benzene rings is 1. The average Bonchev–Trinajstić information content (AvgIpc) is 2.83. The van der Waals surface area contributed by atoms with E-state index in [2.05, 4.69) is 0 Å². The Morgan fingerprint density at radius 3 is 2.67 bits per heavy atom. The molecule has 118 valence electrons. The van der Waals surface area contributed by atoms with Crippen molar-refractivity contribution in [1.82, 2.24) is 4.90 Å². The summed E-state index contributed by atoms with van der Waals surface area (Å²) >= 11 is 6.16. The molecule has 0 saturated carbocycles. The number of fused-ring (bicyclic) bond motifs is 1. The molecule has 0 aromatic heterocycles. The lowest BCUT2D eigenvalue weighted by molar-refractivity contribution is 0.240. The zero-order valence-electron chi connectivity index (χ0n) is 12.9. The van der Waals surface area contributed by atoms with E-state index in [1.807, 2.05) is 31.0 Å². The largest absolute Gasteiger partial charge is 0.493 e. The summed E-state index contributed by atoms with van der Waals surface area (Å²) in [5, 5.41) is 0.280. The average molecular weight is 332 g/mol. The van der Waals surface area contributed by atoms with Crippen molar-refractivity contribution < 1.29 is 13.2 Å². The second kappa shape index (κ2) is 6.15. The molecular formula is C15H22ClNO3S. The second-order valence-corrected chi connectivity index (χ2v) is 8.68. The number of rotatable bonds is 5. The van der Waals surface area contributed by atoms with Crippen LogP contribution in [0.5, 0.6) is 5.75 Å². The first-order chi connectivity index (χ1) is 9.70. The molecule has 1 aromatic rings. The van der Waals surface area contributed by atoms with E-state index < -0.39 is 15.1 Å². The molecule has 21 heavy (non-hydrogen) atoms. The van der Waals surface area contributed by atoms with Gasteiger partial charge in [-0.2, -0.15) is 0 Å². The maximum atomic E-state index is 11.7. The molecule has 0 N–H and O–H groups in total. The zero-order chi connectivity index (χ0) is 15.8. The van der Waals surface area contributed by atoms with E-state index in [4.69, 9.17) is 16.3 Å². The molecule has 1 aliphatic heterocycles. The maximum Gasteiger partial charge on any atom is 0.151 e. The van der Waals surface area contributed by atoms with Crippen LogP contribution >= 0.6 is 11.6 Å². The van der Waals surface area contributed by atoms with Crippen LogP contribution in [-0.2, 0) is 22.8 Å². The summed E-state index contributed by atoms with van der Waals surface area (Å²) in [6.45, 7) is 4.97. The summed E-state index contributed by atoms with van der Waals surface area (Å²) in [7, 11) is -1.13. The number of ether oxygens (including phenoxy) is 1. The molecule has 6 heteroatoms. The van der Waals surface area contributed by atoms with Crippen molar-refractivity contribution in [2.75, 3.05) is 19.9 Å². The van der Waals surface area contributed by atoms with E-state index in [1.54, 1.807) is 6.92 Å². The number of nitrogens with zero attached hydrogens (tertiary/aromatic N) is 1. The topological polar surface area (TPSA) is 46.6 Å². The fraction of sp³-hybridized carbons (Fsp3) is 0.600. The Bertz CT molecular complexity index is 630. The minimum absolute atomic E-state index is 0.0870. The van der Waals surface area contributed by atoms with Gasteiger partial charge in [0.15, 0.2) is 9.84 Å². The third-order valence-electron chi connectivity index (χ3n) is 4.30. The fourth-order valence-electron chi connectivity index (χ4n) is 2.59. The maximum absolute atomic E-state index is 11.7. The lowest BCUT2D eigenvalue weighted by Crippen LogP contribution is -2.40. The molecule has 0 unspecified atom stereocenters. The monoisotopic (exact) mass is 331 g/mol. The zero-order valence-corrected chi connectivity index (χ0v) is 14.5. The van der Waals surface area contributed by atoms with Gasteiger partial charge in [-0.3, -0.25) is 4.90 Å². The second-order valence-electron chi connectivity index (χ2n) is 5.84. The van der Waals surface area contributed by atoms with Gasteiger partial charge in [0.25, 0.3) is 0 Å². The SMILES string of the molecule is C[C@H]([C@@H](C)S(C)(=O)=O)N(C)Cc1cc(Cl)cc2c1OCC2. The quantitative estimate of drug-likeness (QED) is 0.831. The molecule has 0 spiro atoms. The van der Waals surface area contributed by atoms with Crippen LogP contribution in [0.4, 0.5) is 0 Å². The van der Waals surface area contributed by atoms with Gasteiger partial charge in [-0.1, -0.05) is 11.6 Å². The van der Waals surface area contributed by atoms with E-state index in [9.17, 15) is 8.42 Å². The van der Waals surface area contributed by atoms with Gasteiger partial charge in [0.05, 0.1) is 11.9 Å². The first kappa shape index (κ1) is 16.6. The summed E-state index contributed by atoms with van der Waals surface area (Å²) in [5.74, 6) is 0.908. The van der Waals surface area contributed by atoms with E-state index in [1.165, 1.54) is 6.26 Å². The lowest BCUT2D eigenvalue weighted by atomic mass is 10.1. The minimum Gasteiger partial charge on any atom is -0.493 e. The van der Waals surface area contributed by atoms with Crippen LogP contribution in [0, 0.1) is 0 Å². The summed E-state index contributed by atoms with van der Waals surface area (Å²) in [4.78, 5) is 2.03. The molecule has 0 radical (unpaired) electrons. The van der Waals surface area contributed by atoms with Crippen molar-refractivity contribution >= 4 is 21.4 Å². The van der Waals surface area contributed by atoms with Gasteiger partial charge in [-0.25, -0.2) is 8.42 Å². The van der Waals surface area contributed by atoms with Crippen molar-refractivity contribution in [3.63, 3.8) is 0 Å². The van der Waals surface area contributed by atoms with Gasteiger partial charge in [-0.15, -0.1) is 0 Å². The lowest BCUT2D eigenvalue weighted by Gasteiger charge is -2.29. The smallest absolute Gasteiger partial charge is 0.151 e. The Hall–Kier alpha value is -0.780. The minimum atomic E-state index is -3.06. The van der Waals surface area contributed by atoms with Crippen molar-refractivity contribution in [3.8, 4) is 5.75 Å². The number of hydrogen-bond donors (Lipinski definition) is 0. The molecule has 4 nitrogen and oxygen atoms in total. The predicted molar refractivity (Wildman–Crippen MR) is 85.9 cm³/mol. The van der Waals surface area contributed by atoms with E-state index >= 15 is 0 Å². The molecule has 2 atom stereocenters. The first-order valence-electron chi connectivity index (χ1n) is 7.03. The fourth-order valence-corrected chi connectivity index (χ4v) is 3.78. The van der Waals surface area contributed by atoms with Crippen molar-refractivity contribution in [3.05, 3.63) is 28.3 Å². The Balaban J connectivity index is 2.19. The van der Waals surface area contributed by atoms with Crippen LogP contribution in [0.1, 0.15) is 25.0 Å². The van der Waals surface area contributed by atoms with Gasteiger partial charge in [0.1, 0.15) is 5.75 Å². The number of hydrogen-bond acceptors (Lipinski definition) is 4. The van der Waals surface area contributed by atoms with Crippen molar-refractivity contribution in [2.45, 2.75) is 38.1 Å². The van der Waals surface area contributed by atoms with Gasteiger partial charge in [-0.05, 0) is 38.6 Å². The highest BCUT2D eigenvalue weighted by Crippen LogP contribution is 2.33. The molecule has 0 amide bonds. The van der Waals surface area contributed by atoms with Gasteiger partial charge >= 0.3 is 0 Å². The molecule has 0 bridgehead atoms. The number of sulfone groups is 1.